The average molecular weight is 207 g/mol. The predicted octanol–water partition coefficient (Wildman–Crippen LogP) is 0.929. The summed E-state index contributed by atoms with van der Waals surface area (Å²) in [5, 5.41) is 3.04. The molecule has 0 amide bonds. The Morgan fingerprint density at radius 1 is 1.53 bits per heavy atom. The third-order valence-electron chi connectivity index (χ3n) is 1.61. The second-order valence-electron chi connectivity index (χ2n) is 2.58. The van der Waals surface area contributed by atoms with Gasteiger partial charge in [0.2, 0.25) is 5.75 Å². The number of anilines is 1. The van der Waals surface area contributed by atoms with Gasteiger partial charge in [0.25, 0.3) is 5.88 Å². The second-order valence-corrected chi connectivity index (χ2v) is 2.58. The molecule has 0 atom stereocenters. The molecule has 1 rings (SSSR count). The number of ether oxygens (including phenoxy) is 2. The number of aromatic nitrogens is 2. The Balaban J connectivity index is 2.94. The van der Waals surface area contributed by atoms with Gasteiger partial charge in [-0.15, -0.1) is 6.42 Å². The third-order valence-corrected chi connectivity index (χ3v) is 1.61. The van der Waals surface area contributed by atoms with E-state index in [1.54, 1.807) is 0 Å². The summed E-state index contributed by atoms with van der Waals surface area (Å²) in [4.78, 5) is 7.97. The molecule has 1 aromatic rings. The van der Waals surface area contributed by atoms with E-state index >= 15 is 0 Å². The lowest BCUT2D eigenvalue weighted by atomic mass is 10.5. The molecular formula is C10H13N3O2. The van der Waals surface area contributed by atoms with Crippen LogP contribution in [0.3, 0.4) is 0 Å². The van der Waals surface area contributed by atoms with E-state index < -0.39 is 0 Å². The van der Waals surface area contributed by atoms with Crippen LogP contribution < -0.4 is 14.8 Å². The highest BCUT2D eigenvalue weighted by atomic mass is 16.5. The summed E-state index contributed by atoms with van der Waals surface area (Å²) < 4.78 is 10.4. The lowest BCUT2D eigenvalue weighted by Gasteiger charge is -2.11. The van der Waals surface area contributed by atoms with Crippen LogP contribution in [0.4, 0.5) is 5.82 Å². The summed E-state index contributed by atoms with van der Waals surface area (Å²) >= 11 is 0. The molecule has 1 heterocycles. The number of hydrogen-bond donors (Lipinski definition) is 1. The monoisotopic (exact) mass is 207 g/mol. The first kappa shape index (κ1) is 11.1. The van der Waals surface area contributed by atoms with Crippen molar-refractivity contribution in [3.8, 4) is 24.0 Å². The molecule has 0 radical (unpaired) electrons. The van der Waals surface area contributed by atoms with E-state index in [2.05, 4.69) is 21.2 Å². The van der Waals surface area contributed by atoms with Crippen molar-refractivity contribution in [2.75, 3.05) is 25.6 Å². The fraction of sp³-hybridized carbons (Fsp3) is 0.400. The fourth-order valence-electron chi connectivity index (χ4n) is 1.05. The van der Waals surface area contributed by atoms with Crippen LogP contribution in [0.15, 0.2) is 6.33 Å². The van der Waals surface area contributed by atoms with E-state index in [9.17, 15) is 0 Å². The van der Waals surface area contributed by atoms with Crippen LogP contribution in [0.25, 0.3) is 0 Å². The summed E-state index contributed by atoms with van der Waals surface area (Å²) in [6.45, 7) is 2.85. The first-order valence-corrected chi connectivity index (χ1v) is 4.52. The van der Waals surface area contributed by atoms with Gasteiger partial charge in [0.05, 0.1) is 7.11 Å². The van der Waals surface area contributed by atoms with Crippen LogP contribution in [0, 0.1) is 12.3 Å². The average Bonchev–Trinajstić information content (AvgIpc) is 2.27. The predicted molar refractivity (Wildman–Crippen MR) is 57.1 cm³/mol. The number of terminal acetylenes is 1. The molecule has 0 saturated carbocycles. The van der Waals surface area contributed by atoms with Gasteiger partial charge in [-0.2, -0.15) is 4.98 Å². The number of hydrogen-bond acceptors (Lipinski definition) is 5. The topological polar surface area (TPSA) is 56.3 Å². The van der Waals surface area contributed by atoms with Crippen LogP contribution >= 0.6 is 0 Å². The van der Waals surface area contributed by atoms with Crippen molar-refractivity contribution < 1.29 is 9.47 Å². The van der Waals surface area contributed by atoms with Crippen molar-refractivity contribution in [1.29, 1.82) is 0 Å². The summed E-state index contributed by atoms with van der Waals surface area (Å²) in [5.41, 5.74) is 0. The van der Waals surface area contributed by atoms with Crippen molar-refractivity contribution in [2.45, 2.75) is 6.92 Å². The Bertz CT molecular complexity index is 360. The lowest BCUT2D eigenvalue weighted by Crippen LogP contribution is -2.06. The van der Waals surface area contributed by atoms with E-state index in [-0.39, 0.29) is 6.61 Å². The van der Waals surface area contributed by atoms with Gasteiger partial charge >= 0.3 is 0 Å². The minimum Gasteiger partial charge on any atom is -0.489 e. The standard InChI is InChI=1S/C10H13N3O2/c1-4-6-15-10-8(14-3)9(11-5-2)12-7-13-10/h1,7H,5-6H2,2-3H3,(H,11,12,13). The Hall–Kier alpha value is -1.96. The first-order chi connectivity index (χ1) is 7.33. The highest BCUT2D eigenvalue weighted by molar-refractivity contribution is 5.54. The molecule has 0 aromatic carbocycles. The molecule has 0 aliphatic carbocycles. The Labute approximate surface area is 88.8 Å². The molecule has 1 N–H and O–H groups in total. The number of nitrogens with one attached hydrogen (secondary N) is 1. The van der Waals surface area contributed by atoms with Gasteiger partial charge in [0, 0.05) is 6.54 Å². The number of nitrogens with zero attached hydrogens (tertiary/aromatic N) is 2. The van der Waals surface area contributed by atoms with Gasteiger partial charge in [-0.25, -0.2) is 4.98 Å². The summed E-state index contributed by atoms with van der Waals surface area (Å²) in [5.74, 6) is 3.78. The summed E-state index contributed by atoms with van der Waals surface area (Å²) in [6, 6.07) is 0. The maximum atomic E-state index is 5.21. The van der Waals surface area contributed by atoms with Crippen molar-refractivity contribution >= 4 is 5.82 Å². The van der Waals surface area contributed by atoms with Crippen molar-refractivity contribution in [3.05, 3.63) is 6.33 Å². The largest absolute Gasteiger partial charge is 0.489 e. The van der Waals surface area contributed by atoms with Gasteiger partial charge in [-0.1, -0.05) is 5.92 Å². The van der Waals surface area contributed by atoms with Gasteiger partial charge in [-0.3, -0.25) is 0 Å². The maximum Gasteiger partial charge on any atom is 0.263 e. The van der Waals surface area contributed by atoms with E-state index in [0.717, 1.165) is 6.54 Å². The number of rotatable bonds is 5. The minimum atomic E-state index is 0.152. The maximum absolute atomic E-state index is 5.21. The summed E-state index contributed by atoms with van der Waals surface area (Å²) in [6.07, 6.45) is 6.48. The smallest absolute Gasteiger partial charge is 0.263 e. The van der Waals surface area contributed by atoms with Crippen LogP contribution in [-0.4, -0.2) is 30.2 Å². The van der Waals surface area contributed by atoms with Crippen molar-refractivity contribution in [3.63, 3.8) is 0 Å². The zero-order valence-corrected chi connectivity index (χ0v) is 8.78. The molecule has 0 fully saturated rings. The second kappa shape index (κ2) is 5.70. The zero-order chi connectivity index (χ0) is 11.1. The molecule has 1 aromatic heterocycles. The van der Waals surface area contributed by atoms with Crippen LogP contribution in [-0.2, 0) is 0 Å². The Morgan fingerprint density at radius 2 is 2.33 bits per heavy atom. The lowest BCUT2D eigenvalue weighted by molar-refractivity contribution is 0.317. The SMILES string of the molecule is C#CCOc1ncnc(NCC)c1OC. The molecule has 15 heavy (non-hydrogen) atoms. The molecule has 0 spiro atoms. The molecule has 0 saturated heterocycles. The summed E-state index contributed by atoms with van der Waals surface area (Å²) in [7, 11) is 1.53. The third kappa shape index (κ3) is 2.74. The molecule has 0 aliphatic rings. The molecule has 5 nitrogen and oxygen atoms in total. The molecule has 0 unspecified atom stereocenters. The molecular weight excluding hydrogens is 194 g/mol. The van der Waals surface area contributed by atoms with Crippen LogP contribution in [0.2, 0.25) is 0 Å². The quantitative estimate of drug-likeness (QED) is 0.728. The fourth-order valence-corrected chi connectivity index (χ4v) is 1.05. The minimum absolute atomic E-state index is 0.152. The Kier molecular flexibility index (Phi) is 4.23. The molecule has 0 aliphatic heterocycles. The van der Waals surface area contributed by atoms with Gasteiger partial charge in [0.15, 0.2) is 12.4 Å². The normalized spacial score (nSPS) is 9.13. The van der Waals surface area contributed by atoms with Crippen molar-refractivity contribution in [2.24, 2.45) is 0 Å². The number of methoxy groups -OCH3 is 1. The Morgan fingerprint density at radius 3 is 2.93 bits per heavy atom. The van der Waals surface area contributed by atoms with E-state index in [1.165, 1.54) is 13.4 Å². The highest BCUT2D eigenvalue weighted by Crippen LogP contribution is 2.30. The van der Waals surface area contributed by atoms with E-state index in [0.29, 0.717) is 17.4 Å². The first-order valence-electron chi connectivity index (χ1n) is 4.52. The molecule has 0 bridgehead atoms. The van der Waals surface area contributed by atoms with Gasteiger partial charge in [-0.05, 0) is 6.92 Å². The van der Waals surface area contributed by atoms with Gasteiger partial charge in [0.1, 0.15) is 6.33 Å². The molecule has 80 valence electrons. The van der Waals surface area contributed by atoms with E-state index in [1.807, 2.05) is 6.92 Å². The molecule has 5 heteroatoms. The van der Waals surface area contributed by atoms with Crippen molar-refractivity contribution in [1.82, 2.24) is 9.97 Å². The zero-order valence-electron chi connectivity index (χ0n) is 8.78. The van der Waals surface area contributed by atoms with Crippen LogP contribution in [0.1, 0.15) is 6.92 Å². The van der Waals surface area contributed by atoms with Crippen LogP contribution in [0.5, 0.6) is 11.6 Å². The van der Waals surface area contributed by atoms with Gasteiger partial charge < -0.3 is 14.8 Å². The van der Waals surface area contributed by atoms with E-state index in [4.69, 9.17) is 15.9 Å². The highest BCUT2D eigenvalue weighted by Gasteiger charge is 2.11.